The number of amides is 1. The summed E-state index contributed by atoms with van der Waals surface area (Å²) in [7, 11) is 0. The molecular weight excluding hydrogens is 306 g/mol. The van der Waals surface area contributed by atoms with Crippen molar-refractivity contribution in [3.63, 3.8) is 0 Å². The van der Waals surface area contributed by atoms with Gasteiger partial charge in [0.1, 0.15) is 5.60 Å². The number of rotatable bonds is 4. The van der Waals surface area contributed by atoms with Crippen molar-refractivity contribution < 1.29 is 14.3 Å². The summed E-state index contributed by atoms with van der Waals surface area (Å²) >= 11 is 0. The Morgan fingerprint density at radius 3 is 2.46 bits per heavy atom. The van der Waals surface area contributed by atoms with Gasteiger partial charge in [0.05, 0.1) is 13.2 Å². The maximum Gasteiger partial charge on any atom is 0.407 e. The molecule has 2 heterocycles. The number of hydrogen-bond acceptors (Lipinski definition) is 5. The molecule has 2 aliphatic rings. The average molecular weight is 341 g/mol. The highest BCUT2D eigenvalue weighted by molar-refractivity contribution is 5.67. The summed E-state index contributed by atoms with van der Waals surface area (Å²) in [4.78, 5) is 14.5. The van der Waals surface area contributed by atoms with E-state index in [-0.39, 0.29) is 17.6 Å². The highest BCUT2D eigenvalue weighted by atomic mass is 16.6. The number of alkyl carbamates (subject to hydrolysis) is 1. The predicted octanol–water partition coefficient (Wildman–Crippen LogP) is 1.83. The molecule has 0 radical (unpaired) electrons. The second kappa shape index (κ2) is 7.18. The number of ether oxygens (including phenoxy) is 2. The van der Waals surface area contributed by atoms with Crippen molar-refractivity contribution in [2.45, 2.75) is 59.2 Å². The van der Waals surface area contributed by atoms with Crippen LogP contribution in [0.5, 0.6) is 0 Å². The number of nitrogens with one attached hydrogen (secondary N) is 1. The summed E-state index contributed by atoms with van der Waals surface area (Å²) in [5.74, 6) is 0.871. The SMILES string of the molecule is CC(N)C(C)N1CC(C)C2(COC2)C(CNC(=O)OC(C)(C)C)C1. The second-order valence-electron chi connectivity index (χ2n) is 8.76. The monoisotopic (exact) mass is 341 g/mol. The lowest BCUT2D eigenvalue weighted by atomic mass is 9.62. The molecule has 6 nitrogen and oxygen atoms in total. The smallest absolute Gasteiger partial charge is 0.407 e. The third kappa shape index (κ3) is 4.21. The molecule has 2 fully saturated rings. The Morgan fingerprint density at radius 2 is 2.00 bits per heavy atom. The molecule has 0 aromatic rings. The summed E-state index contributed by atoms with van der Waals surface area (Å²) in [5, 5.41) is 2.97. The molecule has 2 aliphatic heterocycles. The van der Waals surface area contributed by atoms with Crippen LogP contribution in [0.2, 0.25) is 0 Å². The van der Waals surface area contributed by atoms with Crippen LogP contribution in [0.3, 0.4) is 0 Å². The fourth-order valence-corrected chi connectivity index (χ4v) is 3.79. The molecule has 0 aromatic carbocycles. The Kier molecular flexibility index (Phi) is 5.83. The summed E-state index contributed by atoms with van der Waals surface area (Å²) in [6, 6.07) is 0.457. The van der Waals surface area contributed by atoms with E-state index in [1.807, 2.05) is 20.8 Å². The Hall–Kier alpha value is -0.850. The van der Waals surface area contributed by atoms with E-state index in [9.17, 15) is 4.79 Å². The molecule has 140 valence electrons. The van der Waals surface area contributed by atoms with Crippen molar-refractivity contribution in [1.29, 1.82) is 0 Å². The molecule has 2 rings (SSSR count). The van der Waals surface area contributed by atoms with E-state index in [1.165, 1.54) is 0 Å². The van der Waals surface area contributed by atoms with Crippen LogP contribution in [-0.4, -0.2) is 61.5 Å². The fourth-order valence-electron chi connectivity index (χ4n) is 3.79. The van der Waals surface area contributed by atoms with Gasteiger partial charge in [0.2, 0.25) is 0 Å². The van der Waals surface area contributed by atoms with E-state index < -0.39 is 5.60 Å². The van der Waals surface area contributed by atoms with Crippen molar-refractivity contribution >= 4 is 6.09 Å². The molecule has 0 aliphatic carbocycles. The fraction of sp³-hybridized carbons (Fsp3) is 0.944. The lowest BCUT2D eigenvalue weighted by Gasteiger charge is -2.57. The Bertz CT molecular complexity index is 443. The van der Waals surface area contributed by atoms with Gasteiger partial charge in [-0.25, -0.2) is 4.79 Å². The molecule has 4 atom stereocenters. The third-order valence-corrected chi connectivity index (χ3v) is 5.73. The number of carbonyl (C=O) groups is 1. The van der Waals surface area contributed by atoms with Gasteiger partial charge in [0, 0.05) is 37.1 Å². The molecule has 2 saturated heterocycles. The minimum absolute atomic E-state index is 0.128. The van der Waals surface area contributed by atoms with Crippen LogP contribution in [0.15, 0.2) is 0 Å². The maximum atomic E-state index is 12.0. The van der Waals surface area contributed by atoms with Gasteiger partial charge in [-0.3, -0.25) is 4.90 Å². The Morgan fingerprint density at radius 1 is 1.38 bits per heavy atom. The Labute approximate surface area is 146 Å². The zero-order chi connectivity index (χ0) is 18.1. The number of piperidine rings is 1. The third-order valence-electron chi connectivity index (χ3n) is 5.73. The van der Waals surface area contributed by atoms with Crippen LogP contribution in [0.4, 0.5) is 4.79 Å². The van der Waals surface area contributed by atoms with Crippen LogP contribution in [0.25, 0.3) is 0 Å². The number of carbonyl (C=O) groups excluding carboxylic acids is 1. The minimum Gasteiger partial charge on any atom is -0.444 e. The molecule has 3 N–H and O–H groups in total. The molecule has 0 aromatic heterocycles. The van der Waals surface area contributed by atoms with E-state index in [1.54, 1.807) is 0 Å². The minimum atomic E-state index is -0.475. The van der Waals surface area contributed by atoms with Gasteiger partial charge in [-0.2, -0.15) is 0 Å². The van der Waals surface area contributed by atoms with Crippen LogP contribution in [0.1, 0.15) is 41.5 Å². The van der Waals surface area contributed by atoms with Gasteiger partial charge < -0.3 is 20.5 Å². The van der Waals surface area contributed by atoms with E-state index >= 15 is 0 Å². The average Bonchev–Trinajstić information content (AvgIpc) is 2.39. The molecule has 1 spiro atoms. The topological polar surface area (TPSA) is 76.8 Å². The van der Waals surface area contributed by atoms with Crippen molar-refractivity contribution in [3.8, 4) is 0 Å². The molecule has 0 saturated carbocycles. The second-order valence-corrected chi connectivity index (χ2v) is 8.76. The standard InChI is InChI=1S/C18H35N3O3/c1-12-8-21(14(3)13(2)19)9-15(18(12)10-23-11-18)7-20-16(22)24-17(4,5)6/h12-15H,7-11,19H2,1-6H3,(H,20,22). The van der Waals surface area contributed by atoms with E-state index in [2.05, 4.69) is 31.0 Å². The van der Waals surface area contributed by atoms with E-state index in [0.717, 1.165) is 26.3 Å². The molecule has 0 bridgehead atoms. The summed E-state index contributed by atoms with van der Waals surface area (Å²) in [6.07, 6.45) is -0.345. The highest BCUT2D eigenvalue weighted by Crippen LogP contribution is 2.46. The molecule has 1 amide bonds. The molecule has 24 heavy (non-hydrogen) atoms. The van der Waals surface area contributed by atoms with Gasteiger partial charge in [0.15, 0.2) is 0 Å². The zero-order valence-electron chi connectivity index (χ0n) is 16.1. The van der Waals surface area contributed by atoms with Crippen LogP contribution >= 0.6 is 0 Å². The van der Waals surface area contributed by atoms with Gasteiger partial charge in [-0.15, -0.1) is 0 Å². The quantitative estimate of drug-likeness (QED) is 0.816. The first-order chi connectivity index (χ1) is 11.0. The van der Waals surface area contributed by atoms with Crippen molar-refractivity contribution in [2.75, 3.05) is 32.8 Å². The van der Waals surface area contributed by atoms with Crippen molar-refractivity contribution in [2.24, 2.45) is 23.0 Å². The number of nitrogens with zero attached hydrogens (tertiary/aromatic N) is 1. The maximum absolute atomic E-state index is 12.0. The lowest BCUT2D eigenvalue weighted by molar-refractivity contribution is -0.202. The van der Waals surface area contributed by atoms with Crippen molar-refractivity contribution in [3.05, 3.63) is 0 Å². The number of hydrogen-bond donors (Lipinski definition) is 2. The molecular formula is C18H35N3O3. The van der Waals surface area contributed by atoms with Crippen LogP contribution in [-0.2, 0) is 9.47 Å². The van der Waals surface area contributed by atoms with Crippen molar-refractivity contribution in [1.82, 2.24) is 10.2 Å². The van der Waals surface area contributed by atoms with Gasteiger partial charge in [-0.05, 0) is 46.5 Å². The summed E-state index contributed by atoms with van der Waals surface area (Å²) in [6.45, 7) is 16.3. The van der Waals surface area contributed by atoms with Crippen LogP contribution < -0.4 is 11.1 Å². The largest absolute Gasteiger partial charge is 0.444 e. The molecule has 4 unspecified atom stereocenters. The van der Waals surface area contributed by atoms with E-state index in [4.69, 9.17) is 15.2 Å². The van der Waals surface area contributed by atoms with Gasteiger partial charge in [0.25, 0.3) is 0 Å². The first-order valence-corrected chi connectivity index (χ1v) is 9.09. The normalized spacial score (nSPS) is 29.6. The predicted molar refractivity (Wildman–Crippen MR) is 94.8 cm³/mol. The first-order valence-electron chi connectivity index (χ1n) is 9.09. The highest BCUT2D eigenvalue weighted by Gasteiger charge is 2.53. The molecule has 6 heteroatoms. The van der Waals surface area contributed by atoms with Gasteiger partial charge >= 0.3 is 6.09 Å². The van der Waals surface area contributed by atoms with Crippen LogP contribution in [0, 0.1) is 17.3 Å². The Balaban J connectivity index is 2.01. The number of nitrogens with two attached hydrogens (primary N) is 1. The summed E-state index contributed by atoms with van der Waals surface area (Å²) < 4.78 is 10.9. The number of likely N-dealkylation sites (tertiary alicyclic amines) is 1. The first kappa shape index (κ1) is 19.5. The zero-order valence-corrected chi connectivity index (χ0v) is 16.1. The van der Waals surface area contributed by atoms with Gasteiger partial charge in [-0.1, -0.05) is 6.92 Å². The van der Waals surface area contributed by atoms with E-state index in [0.29, 0.717) is 24.4 Å². The summed E-state index contributed by atoms with van der Waals surface area (Å²) in [5.41, 5.74) is 5.80. The lowest BCUT2D eigenvalue weighted by Crippen LogP contribution is -2.65.